The lowest BCUT2D eigenvalue weighted by Gasteiger charge is -2.00. The number of hydrogen-bond donors (Lipinski definition) is 1. The van der Waals surface area contributed by atoms with Crippen LogP contribution < -0.4 is 0 Å². The maximum absolute atomic E-state index is 12.0. The summed E-state index contributed by atoms with van der Waals surface area (Å²) in [4.78, 5) is 10.6. The highest BCUT2D eigenvalue weighted by molar-refractivity contribution is 7.90. The van der Waals surface area contributed by atoms with Crippen LogP contribution in [0, 0.1) is 0 Å². The molecule has 17 heavy (non-hydrogen) atoms. The summed E-state index contributed by atoms with van der Waals surface area (Å²) in [7, 11) is -3.40. The third-order valence-corrected chi connectivity index (χ3v) is 3.90. The maximum Gasteiger partial charge on any atom is 0.225 e. The van der Waals surface area contributed by atoms with Gasteiger partial charge in [-0.3, -0.25) is 4.98 Å². The molecule has 0 saturated heterocycles. The Labute approximate surface area is 99.9 Å². The van der Waals surface area contributed by atoms with Crippen LogP contribution in [-0.4, -0.2) is 23.4 Å². The SMILES string of the molecule is CCc1cnc(S(=O)(=O)Cc2ccncc2)[nH]1. The van der Waals surface area contributed by atoms with Crippen molar-refractivity contribution in [3.05, 3.63) is 42.0 Å². The van der Waals surface area contributed by atoms with Gasteiger partial charge in [-0.25, -0.2) is 13.4 Å². The van der Waals surface area contributed by atoms with Crippen molar-refractivity contribution in [2.45, 2.75) is 24.3 Å². The minimum atomic E-state index is -3.40. The molecule has 5 nitrogen and oxygen atoms in total. The first-order valence-corrected chi connectivity index (χ1v) is 6.92. The second-order valence-corrected chi connectivity index (χ2v) is 5.59. The van der Waals surface area contributed by atoms with Gasteiger partial charge in [0, 0.05) is 24.3 Å². The molecule has 0 bridgehead atoms. The molecule has 2 heterocycles. The van der Waals surface area contributed by atoms with E-state index in [-0.39, 0.29) is 10.9 Å². The lowest BCUT2D eigenvalue weighted by molar-refractivity contribution is 0.587. The lowest BCUT2D eigenvalue weighted by Crippen LogP contribution is -2.07. The fraction of sp³-hybridized carbons (Fsp3) is 0.273. The van der Waals surface area contributed by atoms with Crippen LogP contribution in [0.15, 0.2) is 35.9 Å². The van der Waals surface area contributed by atoms with E-state index in [1.54, 1.807) is 30.7 Å². The van der Waals surface area contributed by atoms with Gasteiger partial charge in [0.15, 0.2) is 0 Å². The summed E-state index contributed by atoms with van der Waals surface area (Å²) in [5, 5.41) is 0.0335. The van der Waals surface area contributed by atoms with Crippen LogP contribution >= 0.6 is 0 Å². The van der Waals surface area contributed by atoms with Crippen molar-refractivity contribution >= 4 is 9.84 Å². The molecule has 2 aromatic heterocycles. The number of pyridine rings is 1. The van der Waals surface area contributed by atoms with Gasteiger partial charge in [0.2, 0.25) is 15.0 Å². The second kappa shape index (κ2) is 4.67. The molecule has 0 fully saturated rings. The van der Waals surface area contributed by atoms with Crippen LogP contribution in [0.4, 0.5) is 0 Å². The first kappa shape index (κ1) is 11.8. The fourth-order valence-electron chi connectivity index (χ4n) is 1.44. The van der Waals surface area contributed by atoms with Gasteiger partial charge in [-0.05, 0) is 24.1 Å². The van der Waals surface area contributed by atoms with Crippen LogP contribution in [0.3, 0.4) is 0 Å². The van der Waals surface area contributed by atoms with Crippen molar-refractivity contribution < 1.29 is 8.42 Å². The smallest absolute Gasteiger partial charge is 0.225 e. The fourth-order valence-corrected chi connectivity index (χ4v) is 2.71. The highest BCUT2D eigenvalue weighted by atomic mass is 32.2. The van der Waals surface area contributed by atoms with Crippen LogP contribution in [0.5, 0.6) is 0 Å². The molecule has 0 aliphatic carbocycles. The lowest BCUT2D eigenvalue weighted by atomic mass is 10.3. The van der Waals surface area contributed by atoms with Crippen molar-refractivity contribution in [3.8, 4) is 0 Å². The molecule has 6 heteroatoms. The molecular weight excluding hydrogens is 238 g/mol. The zero-order valence-electron chi connectivity index (χ0n) is 9.42. The Morgan fingerprint density at radius 1 is 1.29 bits per heavy atom. The third kappa shape index (κ3) is 2.71. The molecule has 0 amide bonds. The molecule has 0 atom stereocenters. The predicted molar refractivity (Wildman–Crippen MR) is 63.1 cm³/mol. The van der Waals surface area contributed by atoms with E-state index in [9.17, 15) is 8.42 Å². The largest absolute Gasteiger partial charge is 0.333 e. The second-order valence-electron chi connectivity index (χ2n) is 3.68. The number of aromatic nitrogens is 3. The Morgan fingerprint density at radius 3 is 2.59 bits per heavy atom. The maximum atomic E-state index is 12.0. The summed E-state index contributed by atoms with van der Waals surface area (Å²) in [5.74, 6) is -0.0633. The summed E-state index contributed by atoms with van der Waals surface area (Å²) in [6, 6.07) is 3.36. The van der Waals surface area contributed by atoms with Crippen molar-refractivity contribution in [3.63, 3.8) is 0 Å². The van der Waals surface area contributed by atoms with E-state index in [0.717, 1.165) is 12.1 Å². The Balaban J connectivity index is 2.25. The van der Waals surface area contributed by atoms with E-state index in [4.69, 9.17) is 0 Å². The third-order valence-electron chi connectivity index (χ3n) is 2.39. The normalized spacial score (nSPS) is 11.6. The van der Waals surface area contributed by atoms with Crippen LogP contribution in [0.25, 0.3) is 0 Å². The molecule has 0 radical (unpaired) electrons. The number of sulfone groups is 1. The Morgan fingerprint density at radius 2 is 2.00 bits per heavy atom. The van der Waals surface area contributed by atoms with Gasteiger partial charge in [-0.1, -0.05) is 6.92 Å². The monoisotopic (exact) mass is 251 g/mol. The molecule has 90 valence electrons. The van der Waals surface area contributed by atoms with E-state index in [1.165, 1.54) is 0 Å². The van der Waals surface area contributed by atoms with Crippen LogP contribution in [-0.2, 0) is 22.0 Å². The first-order valence-electron chi connectivity index (χ1n) is 5.27. The summed E-state index contributed by atoms with van der Waals surface area (Å²) in [6.07, 6.45) is 5.44. The number of imidazole rings is 1. The van der Waals surface area contributed by atoms with E-state index < -0.39 is 9.84 Å². The van der Waals surface area contributed by atoms with E-state index in [2.05, 4.69) is 15.0 Å². The Hall–Kier alpha value is -1.69. The minimum absolute atomic E-state index is 0.0335. The molecule has 0 unspecified atom stereocenters. The van der Waals surface area contributed by atoms with E-state index >= 15 is 0 Å². The highest BCUT2D eigenvalue weighted by Gasteiger charge is 2.18. The van der Waals surface area contributed by atoms with E-state index in [0.29, 0.717) is 5.56 Å². The number of nitrogens with zero attached hydrogens (tertiary/aromatic N) is 2. The van der Waals surface area contributed by atoms with Gasteiger partial charge in [-0.2, -0.15) is 0 Å². The molecule has 2 aromatic rings. The molecule has 0 saturated carbocycles. The molecule has 0 aliphatic rings. The van der Waals surface area contributed by atoms with Crippen molar-refractivity contribution in [2.75, 3.05) is 0 Å². The van der Waals surface area contributed by atoms with Gasteiger partial charge in [0.25, 0.3) is 0 Å². The molecule has 0 aromatic carbocycles. The minimum Gasteiger partial charge on any atom is -0.333 e. The van der Waals surface area contributed by atoms with Gasteiger partial charge in [0.1, 0.15) is 0 Å². The number of H-pyrrole nitrogens is 1. The average Bonchev–Trinajstić information content (AvgIpc) is 2.79. The number of aromatic amines is 1. The van der Waals surface area contributed by atoms with Crippen LogP contribution in [0.1, 0.15) is 18.2 Å². The Kier molecular flexibility index (Phi) is 3.23. The number of hydrogen-bond acceptors (Lipinski definition) is 4. The summed E-state index contributed by atoms with van der Waals surface area (Å²) in [6.45, 7) is 1.94. The number of rotatable bonds is 4. The number of aryl methyl sites for hydroxylation is 1. The average molecular weight is 251 g/mol. The highest BCUT2D eigenvalue weighted by Crippen LogP contribution is 2.13. The molecule has 1 N–H and O–H groups in total. The molecule has 2 rings (SSSR count). The standard InChI is InChI=1S/C11H13N3O2S/c1-2-10-7-13-11(14-10)17(15,16)8-9-3-5-12-6-4-9/h3-7H,2,8H2,1H3,(H,13,14). The van der Waals surface area contributed by atoms with Crippen LogP contribution in [0.2, 0.25) is 0 Å². The van der Waals surface area contributed by atoms with Gasteiger partial charge in [0.05, 0.1) is 5.75 Å². The van der Waals surface area contributed by atoms with Crippen molar-refractivity contribution in [1.29, 1.82) is 0 Å². The zero-order valence-corrected chi connectivity index (χ0v) is 10.2. The Bertz CT molecular complexity index is 590. The molecule has 0 spiro atoms. The van der Waals surface area contributed by atoms with Gasteiger partial charge < -0.3 is 4.98 Å². The van der Waals surface area contributed by atoms with Gasteiger partial charge in [-0.15, -0.1) is 0 Å². The molecule has 0 aliphatic heterocycles. The van der Waals surface area contributed by atoms with Crippen molar-refractivity contribution in [2.24, 2.45) is 0 Å². The summed E-state index contributed by atoms with van der Waals surface area (Å²) < 4.78 is 24.0. The first-order chi connectivity index (χ1) is 8.12. The topological polar surface area (TPSA) is 75.7 Å². The molecular formula is C11H13N3O2S. The van der Waals surface area contributed by atoms with Gasteiger partial charge >= 0.3 is 0 Å². The van der Waals surface area contributed by atoms with Crippen molar-refractivity contribution in [1.82, 2.24) is 15.0 Å². The quantitative estimate of drug-likeness (QED) is 0.889. The predicted octanol–water partition coefficient (Wildman–Crippen LogP) is 1.34. The zero-order chi connectivity index (χ0) is 12.3. The summed E-state index contributed by atoms with van der Waals surface area (Å²) >= 11 is 0. The number of nitrogens with one attached hydrogen (secondary N) is 1. The summed E-state index contributed by atoms with van der Waals surface area (Å²) in [5.41, 5.74) is 1.52. The van der Waals surface area contributed by atoms with E-state index in [1.807, 2.05) is 6.92 Å².